The van der Waals surface area contributed by atoms with E-state index in [1.54, 1.807) is 7.05 Å². The Bertz CT molecular complexity index is 745. The number of nitrogens with one attached hydrogen (secondary N) is 2. The van der Waals surface area contributed by atoms with Gasteiger partial charge in [0.25, 0.3) is 0 Å². The summed E-state index contributed by atoms with van der Waals surface area (Å²) in [4.78, 5) is 6.60. The van der Waals surface area contributed by atoms with Crippen LogP contribution in [-0.4, -0.2) is 26.1 Å². The Hall–Kier alpha value is -2.46. The molecular weight excluding hydrogens is 332 g/mol. The van der Waals surface area contributed by atoms with Crippen LogP contribution >= 0.6 is 11.6 Å². The van der Waals surface area contributed by atoms with Crippen LogP contribution in [0.3, 0.4) is 0 Å². The molecule has 0 aromatic heterocycles. The van der Waals surface area contributed by atoms with Gasteiger partial charge in [0, 0.05) is 43.9 Å². The van der Waals surface area contributed by atoms with Crippen LogP contribution in [0.2, 0.25) is 5.02 Å². The number of guanidine groups is 1. The van der Waals surface area contributed by atoms with Gasteiger partial charge in [0.15, 0.2) is 5.96 Å². The minimum Gasteiger partial charge on any atom is -0.364 e. The van der Waals surface area contributed by atoms with Crippen molar-refractivity contribution in [2.45, 2.75) is 13.1 Å². The van der Waals surface area contributed by atoms with Crippen molar-refractivity contribution < 1.29 is 0 Å². The fourth-order valence-electron chi connectivity index (χ4n) is 2.74. The van der Waals surface area contributed by atoms with Gasteiger partial charge in [-0.2, -0.15) is 0 Å². The number of halogens is 1. The maximum absolute atomic E-state index is 6.18. The fraction of sp³-hybridized carbons (Fsp3) is 0.250. The molecule has 0 spiro atoms. The molecule has 130 valence electrons. The van der Waals surface area contributed by atoms with E-state index in [-0.39, 0.29) is 0 Å². The molecule has 5 heteroatoms. The molecular formula is C20H23ClN4. The van der Waals surface area contributed by atoms with Crippen molar-refractivity contribution in [2.24, 2.45) is 4.99 Å². The first-order valence-corrected chi connectivity index (χ1v) is 8.81. The lowest BCUT2D eigenvalue weighted by Crippen LogP contribution is -2.36. The molecule has 25 heavy (non-hydrogen) atoms. The summed E-state index contributed by atoms with van der Waals surface area (Å²) in [5.41, 5.74) is 3.53. The molecule has 0 saturated heterocycles. The third-order valence-corrected chi connectivity index (χ3v) is 4.58. The predicted molar refractivity (Wildman–Crippen MR) is 106 cm³/mol. The van der Waals surface area contributed by atoms with E-state index in [1.807, 2.05) is 24.3 Å². The lowest BCUT2D eigenvalue weighted by Gasteiger charge is -2.18. The highest BCUT2D eigenvalue weighted by atomic mass is 35.5. The van der Waals surface area contributed by atoms with Crippen molar-refractivity contribution in [1.82, 2.24) is 10.6 Å². The summed E-state index contributed by atoms with van der Waals surface area (Å²) in [6.45, 7) is 3.35. The predicted octanol–water partition coefficient (Wildman–Crippen LogP) is 3.58. The largest absolute Gasteiger partial charge is 0.364 e. The molecule has 0 radical (unpaired) electrons. The van der Waals surface area contributed by atoms with Gasteiger partial charge >= 0.3 is 0 Å². The van der Waals surface area contributed by atoms with Gasteiger partial charge in [0.2, 0.25) is 0 Å². The molecule has 2 aromatic carbocycles. The van der Waals surface area contributed by atoms with E-state index in [2.05, 4.69) is 56.9 Å². The molecule has 4 nitrogen and oxygen atoms in total. The molecule has 1 aliphatic heterocycles. The minimum atomic E-state index is 0.639. The zero-order valence-corrected chi connectivity index (χ0v) is 15.1. The maximum Gasteiger partial charge on any atom is 0.191 e. The standard InChI is InChI=1S/C20H23ClN4/c1-22-20(24-15-17-6-2-3-7-19(17)21)23-14-16-8-10-18(11-9-16)25-12-4-5-13-25/h2-11H,12-15H2,1H3,(H2,22,23,24). The Morgan fingerprint density at radius 3 is 2.36 bits per heavy atom. The Labute approximate surface area is 154 Å². The number of hydrogen-bond donors (Lipinski definition) is 2. The molecule has 0 saturated carbocycles. The molecule has 0 bridgehead atoms. The van der Waals surface area contributed by atoms with E-state index in [0.29, 0.717) is 6.54 Å². The van der Waals surface area contributed by atoms with Crippen LogP contribution < -0.4 is 15.5 Å². The van der Waals surface area contributed by atoms with Gasteiger partial charge in [-0.3, -0.25) is 4.99 Å². The Morgan fingerprint density at radius 2 is 1.68 bits per heavy atom. The molecule has 0 amide bonds. The van der Waals surface area contributed by atoms with Crippen molar-refractivity contribution in [3.05, 3.63) is 76.8 Å². The summed E-state index contributed by atoms with van der Waals surface area (Å²) in [5.74, 6) is 0.757. The average Bonchev–Trinajstić information content (AvgIpc) is 3.18. The maximum atomic E-state index is 6.18. The van der Waals surface area contributed by atoms with Gasteiger partial charge < -0.3 is 15.5 Å². The van der Waals surface area contributed by atoms with Gasteiger partial charge in [-0.05, 0) is 29.3 Å². The molecule has 0 atom stereocenters. The molecule has 2 aromatic rings. The summed E-state index contributed by atoms with van der Waals surface area (Å²) in [5, 5.41) is 7.39. The van der Waals surface area contributed by atoms with Crippen molar-refractivity contribution in [1.29, 1.82) is 0 Å². The number of anilines is 1. The second kappa shape index (κ2) is 8.58. The molecule has 1 heterocycles. The molecule has 1 aliphatic rings. The molecule has 2 N–H and O–H groups in total. The van der Waals surface area contributed by atoms with Gasteiger partial charge in [-0.1, -0.05) is 54.1 Å². The van der Waals surface area contributed by atoms with Gasteiger partial charge in [0.05, 0.1) is 0 Å². The van der Waals surface area contributed by atoms with Crippen molar-refractivity contribution in [3.8, 4) is 0 Å². The van der Waals surface area contributed by atoms with Crippen LogP contribution in [0.15, 0.2) is 65.7 Å². The average molecular weight is 355 g/mol. The molecule has 0 aliphatic carbocycles. The highest BCUT2D eigenvalue weighted by Crippen LogP contribution is 2.17. The van der Waals surface area contributed by atoms with Crippen LogP contribution in [-0.2, 0) is 13.1 Å². The number of aliphatic imine (C=N–C) groups is 1. The van der Waals surface area contributed by atoms with Gasteiger partial charge in [0.1, 0.15) is 0 Å². The first kappa shape index (κ1) is 17.4. The van der Waals surface area contributed by atoms with E-state index < -0.39 is 0 Å². The van der Waals surface area contributed by atoms with Crippen LogP contribution in [0.1, 0.15) is 11.1 Å². The monoisotopic (exact) mass is 354 g/mol. The number of benzene rings is 2. The third kappa shape index (κ3) is 4.77. The topological polar surface area (TPSA) is 39.7 Å². The molecule has 0 fully saturated rings. The zero-order valence-electron chi connectivity index (χ0n) is 14.4. The summed E-state index contributed by atoms with van der Waals surface area (Å²) in [7, 11) is 1.77. The van der Waals surface area contributed by atoms with E-state index in [0.717, 1.165) is 36.2 Å². The highest BCUT2D eigenvalue weighted by Gasteiger charge is 2.07. The Kier molecular flexibility index (Phi) is 5.96. The quantitative estimate of drug-likeness (QED) is 0.490. The van der Waals surface area contributed by atoms with Crippen molar-refractivity contribution in [2.75, 3.05) is 25.0 Å². The first-order chi connectivity index (χ1) is 12.3. The lowest BCUT2D eigenvalue weighted by atomic mass is 10.2. The van der Waals surface area contributed by atoms with Crippen LogP contribution in [0, 0.1) is 0 Å². The van der Waals surface area contributed by atoms with E-state index in [4.69, 9.17) is 11.6 Å². The van der Waals surface area contributed by atoms with Crippen LogP contribution in [0.25, 0.3) is 0 Å². The third-order valence-electron chi connectivity index (χ3n) is 4.21. The zero-order chi connectivity index (χ0) is 17.5. The smallest absolute Gasteiger partial charge is 0.191 e. The number of nitrogens with zero attached hydrogens (tertiary/aromatic N) is 2. The van der Waals surface area contributed by atoms with Crippen molar-refractivity contribution >= 4 is 23.2 Å². The fourth-order valence-corrected chi connectivity index (χ4v) is 2.94. The first-order valence-electron chi connectivity index (χ1n) is 8.43. The summed E-state index contributed by atoms with van der Waals surface area (Å²) < 4.78 is 0. The SMILES string of the molecule is CN=C(NCc1ccc(N2CC=CC2)cc1)NCc1ccccc1Cl. The Balaban J connectivity index is 1.50. The normalized spacial score (nSPS) is 14.0. The van der Waals surface area contributed by atoms with Gasteiger partial charge in [-0.15, -0.1) is 0 Å². The van der Waals surface area contributed by atoms with Crippen molar-refractivity contribution in [3.63, 3.8) is 0 Å². The lowest BCUT2D eigenvalue weighted by molar-refractivity contribution is 0.809. The summed E-state index contributed by atoms with van der Waals surface area (Å²) in [6.07, 6.45) is 4.40. The highest BCUT2D eigenvalue weighted by molar-refractivity contribution is 6.31. The van der Waals surface area contributed by atoms with Gasteiger partial charge in [-0.25, -0.2) is 0 Å². The van der Waals surface area contributed by atoms with E-state index >= 15 is 0 Å². The van der Waals surface area contributed by atoms with Crippen LogP contribution in [0.5, 0.6) is 0 Å². The number of rotatable bonds is 5. The summed E-state index contributed by atoms with van der Waals surface area (Å²) >= 11 is 6.18. The Morgan fingerprint density at radius 1 is 1.00 bits per heavy atom. The molecule has 0 unspecified atom stereocenters. The number of hydrogen-bond acceptors (Lipinski definition) is 2. The van der Waals surface area contributed by atoms with E-state index in [9.17, 15) is 0 Å². The second-order valence-electron chi connectivity index (χ2n) is 5.91. The van der Waals surface area contributed by atoms with E-state index in [1.165, 1.54) is 11.3 Å². The minimum absolute atomic E-state index is 0.639. The van der Waals surface area contributed by atoms with Crippen LogP contribution in [0.4, 0.5) is 5.69 Å². The molecule has 3 rings (SSSR count). The summed E-state index contributed by atoms with van der Waals surface area (Å²) in [6, 6.07) is 16.5. The second-order valence-corrected chi connectivity index (χ2v) is 6.32.